The highest BCUT2D eigenvalue weighted by Gasteiger charge is 2.26. The Morgan fingerprint density at radius 1 is 1.32 bits per heavy atom. The van der Waals surface area contributed by atoms with Crippen LogP contribution in [0.15, 0.2) is 0 Å². The van der Waals surface area contributed by atoms with Crippen molar-refractivity contribution < 1.29 is 19.8 Å². The second-order valence-electron chi connectivity index (χ2n) is 5.80. The molecule has 3 N–H and O–H groups in total. The molecule has 19 heavy (non-hydrogen) atoms. The molecule has 0 aromatic carbocycles. The number of carboxylic acids is 1. The molecule has 0 aliphatic rings. The fourth-order valence-corrected chi connectivity index (χ4v) is 1.73. The van der Waals surface area contributed by atoms with Gasteiger partial charge in [0.2, 0.25) is 0 Å². The van der Waals surface area contributed by atoms with Crippen LogP contribution in [0, 0.1) is 5.92 Å². The van der Waals surface area contributed by atoms with Crippen molar-refractivity contribution in [3.05, 3.63) is 0 Å². The standard InChI is InChI=1S/C13H26N2O4/c1-6-15(8-13(4,5)19)12(18)14-10(11(16)17)7-9(2)3/h9-10,19H,6-8H2,1-5H3,(H,14,18)(H,16,17)/t10-/m1/s1. The Hall–Kier alpha value is -1.30. The maximum absolute atomic E-state index is 12.0. The van der Waals surface area contributed by atoms with Crippen LogP contribution < -0.4 is 5.32 Å². The van der Waals surface area contributed by atoms with Crippen molar-refractivity contribution in [2.24, 2.45) is 5.92 Å². The molecule has 112 valence electrons. The van der Waals surface area contributed by atoms with Crippen LogP contribution in [0.3, 0.4) is 0 Å². The van der Waals surface area contributed by atoms with Crippen LogP contribution in [0.2, 0.25) is 0 Å². The van der Waals surface area contributed by atoms with Crippen LogP contribution in [0.25, 0.3) is 0 Å². The van der Waals surface area contributed by atoms with Crippen molar-refractivity contribution in [2.45, 2.75) is 52.7 Å². The normalized spacial score (nSPS) is 13.2. The number of hydrogen-bond acceptors (Lipinski definition) is 3. The molecule has 0 unspecified atom stereocenters. The van der Waals surface area contributed by atoms with E-state index in [1.165, 1.54) is 4.90 Å². The molecule has 1 atom stereocenters. The number of likely N-dealkylation sites (N-methyl/N-ethyl adjacent to an activating group) is 1. The molecule has 0 saturated carbocycles. The molecule has 0 spiro atoms. The lowest BCUT2D eigenvalue weighted by Crippen LogP contribution is -2.51. The summed E-state index contributed by atoms with van der Waals surface area (Å²) in [6, 6.07) is -1.36. The number of nitrogens with one attached hydrogen (secondary N) is 1. The molecule has 0 radical (unpaired) electrons. The molecular weight excluding hydrogens is 248 g/mol. The summed E-state index contributed by atoms with van der Waals surface area (Å²) in [5.41, 5.74) is -1.01. The summed E-state index contributed by atoms with van der Waals surface area (Å²) in [7, 11) is 0. The van der Waals surface area contributed by atoms with E-state index in [-0.39, 0.29) is 12.5 Å². The van der Waals surface area contributed by atoms with Gasteiger partial charge in [-0.1, -0.05) is 13.8 Å². The van der Waals surface area contributed by atoms with Gasteiger partial charge in [0.25, 0.3) is 0 Å². The first-order valence-electron chi connectivity index (χ1n) is 6.57. The summed E-state index contributed by atoms with van der Waals surface area (Å²) in [5.74, 6) is -0.868. The molecule has 2 amide bonds. The first kappa shape index (κ1) is 17.7. The fraction of sp³-hybridized carbons (Fsp3) is 0.846. The third-order valence-corrected chi connectivity index (χ3v) is 2.55. The van der Waals surface area contributed by atoms with Crippen LogP contribution in [0.4, 0.5) is 4.79 Å². The first-order chi connectivity index (χ1) is 8.56. The smallest absolute Gasteiger partial charge is 0.326 e. The van der Waals surface area contributed by atoms with Gasteiger partial charge in [-0.15, -0.1) is 0 Å². The van der Waals surface area contributed by atoms with Crippen molar-refractivity contribution >= 4 is 12.0 Å². The largest absolute Gasteiger partial charge is 0.480 e. The highest BCUT2D eigenvalue weighted by molar-refractivity contribution is 5.82. The minimum atomic E-state index is -1.04. The number of nitrogens with zero attached hydrogens (tertiary/aromatic N) is 1. The minimum Gasteiger partial charge on any atom is -0.480 e. The first-order valence-corrected chi connectivity index (χ1v) is 6.57. The van der Waals surface area contributed by atoms with Gasteiger partial charge in [-0.25, -0.2) is 9.59 Å². The predicted molar refractivity (Wildman–Crippen MR) is 73.0 cm³/mol. The van der Waals surface area contributed by atoms with Crippen LogP contribution in [0.1, 0.15) is 41.0 Å². The summed E-state index contributed by atoms with van der Waals surface area (Å²) in [6.07, 6.45) is 0.376. The van der Waals surface area contributed by atoms with Gasteiger partial charge in [-0.05, 0) is 33.1 Å². The molecular formula is C13H26N2O4. The van der Waals surface area contributed by atoms with Gasteiger partial charge in [0.1, 0.15) is 6.04 Å². The Bertz CT molecular complexity index is 310. The lowest BCUT2D eigenvalue weighted by atomic mass is 10.0. The number of aliphatic carboxylic acids is 1. The lowest BCUT2D eigenvalue weighted by molar-refractivity contribution is -0.139. The predicted octanol–water partition coefficient (Wildman–Crippen LogP) is 1.29. The number of carbonyl (C=O) groups is 2. The third-order valence-electron chi connectivity index (χ3n) is 2.55. The summed E-state index contributed by atoms with van der Waals surface area (Å²) in [5, 5.41) is 21.3. The van der Waals surface area contributed by atoms with E-state index >= 15 is 0 Å². The van der Waals surface area contributed by atoms with E-state index in [0.717, 1.165) is 0 Å². The van der Waals surface area contributed by atoms with Gasteiger partial charge < -0.3 is 20.4 Å². The maximum atomic E-state index is 12.0. The minimum absolute atomic E-state index is 0.156. The van der Waals surface area contributed by atoms with E-state index in [4.69, 9.17) is 5.11 Å². The highest BCUT2D eigenvalue weighted by Crippen LogP contribution is 2.08. The van der Waals surface area contributed by atoms with E-state index < -0.39 is 23.6 Å². The van der Waals surface area contributed by atoms with Crippen molar-refractivity contribution in [1.82, 2.24) is 10.2 Å². The number of aliphatic hydroxyl groups is 1. The Morgan fingerprint density at radius 2 is 1.84 bits per heavy atom. The zero-order chi connectivity index (χ0) is 15.2. The molecule has 0 aromatic rings. The molecule has 6 heteroatoms. The average molecular weight is 274 g/mol. The Kier molecular flexibility index (Phi) is 6.83. The summed E-state index contributed by atoms with van der Waals surface area (Å²) in [4.78, 5) is 24.5. The van der Waals surface area contributed by atoms with Crippen LogP contribution in [-0.4, -0.2) is 51.8 Å². The summed E-state index contributed by atoms with van der Waals surface area (Å²) in [6.45, 7) is 9.35. The molecule has 0 bridgehead atoms. The number of urea groups is 1. The SMILES string of the molecule is CCN(CC(C)(C)O)C(=O)N[C@H](CC(C)C)C(=O)O. The molecule has 0 aromatic heterocycles. The van der Waals surface area contributed by atoms with E-state index in [9.17, 15) is 14.7 Å². The van der Waals surface area contributed by atoms with Crippen LogP contribution >= 0.6 is 0 Å². The van der Waals surface area contributed by atoms with Gasteiger partial charge in [-0.2, -0.15) is 0 Å². The quantitative estimate of drug-likeness (QED) is 0.652. The topological polar surface area (TPSA) is 89.9 Å². The Morgan fingerprint density at radius 3 is 2.16 bits per heavy atom. The molecule has 0 aliphatic heterocycles. The van der Waals surface area contributed by atoms with Crippen molar-refractivity contribution in [3.8, 4) is 0 Å². The molecule has 0 aliphatic carbocycles. The second kappa shape index (κ2) is 7.33. The van der Waals surface area contributed by atoms with E-state index in [0.29, 0.717) is 13.0 Å². The second-order valence-corrected chi connectivity index (χ2v) is 5.80. The van der Waals surface area contributed by atoms with Gasteiger partial charge in [-0.3, -0.25) is 0 Å². The van der Waals surface area contributed by atoms with Gasteiger partial charge in [0.15, 0.2) is 0 Å². The summed E-state index contributed by atoms with van der Waals surface area (Å²) >= 11 is 0. The molecule has 0 fully saturated rings. The Labute approximate surface area is 114 Å². The third kappa shape index (κ3) is 7.66. The van der Waals surface area contributed by atoms with Gasteiger partial charge in [0, 0.05) is 6.54 Å². The van der Waals surface area contributed by atoms with Crippen LogP contribution in [-0.2, 0) is 4.79 Å². The van der Waals surface area contributed by atoms with Crippen molar-refractivity contribution in [1.29, 1.82) is 0 Å². The van der Waals surface area contributed by atoms with Crippen molar-refractivity contribution in [2.75, 3.05) is 13.1 Å². The number of amides is 2. The zero-order valence-electron chi connectivity index (χ0n) is 12.4. The molecule has 0 heterocycles. The monoisotopic (exact) mass is 274 g/mol. The molecule has 0 saturated heterocycles. The lowest BCUT2D eigenvalue weighted by Gasteiger charge is -2.29. The fourth-order valence-electron chi connectivity index (χ4n) is 1.73. The molecule has 6 nitrogen and oxygen atoms in total. The van der Waals surface area contributed by atoms with Crippen LogP contribution in [0.5, 0.6) is 0 Å². The van der Waals surface area contributed by atoms with E-state index in [2.05, 4.69) is 5.32 Å². The number of rotatable bonds is 7. The zero-order valence-corrected chi connectivity index (χ0v) is 12.4. The van der Waals surface area contributed by atoms with Gasteiger partial charge in [0.05, 0.1) is 12.1 Å². The number of carboxylic acid groups (broad SMARTS) is 1. The van der Waals surface area contributed by atoms with E-state index in [1.54, 1.807) is 20.8 Å². The van der Waals surface area contributed by atoms with Gasteiger partial charge >= 0.3 is 12.0 Å². The average Bonchev–Trinajstić information content (AvgIpc) is 2.22. The number of carbonyl (C=O) groups excluding carboxylic acids is 1. The maximum Gasteiger partial charge on any atom is 0.326 e. The molecule has 0 rings (SSSR count). The number of hydrogen-bond donors (Lipinski definition) is 3. The van der Waals surface area contributed by atoms with Crippen molar-refractivity contribution in [3.63, 3.8) is 0 Å². The Balaban J connectivity index is 4.64. The summed E-state index contributed by atoms with van der Waals surface area (Å²) < 4.78 is 0. The van der Waals surface area contributed by atoms with E-state index in [1.807, 2.05) is 13.8 Å². The highest BCUT2D eigenvalue weighted by atomic mass is 16.4.